The third-order valence-electron chi connectivity index (χ3n) is 12.3. The first-order chi connectivity index (χ1) is 35.0. The Hall–Kier alpha value is -3.93. The molecule has 0 rings (SSSR count). The zero-order valence-electron chi connectivity index (χ0n) is 46.2. The Morgan fingerprint density at radius 3 is 0.873 bits per heavy atom. The van der Waals surface area contributed by atoms with Crippen molar-refractivity contribution in [2.24, 2.45) is 0 Å². The average Bonchev–Trinajstić information content (AvgIpc) is 3.37. The highest BCUT2D eigenvalue weighted by Gasteiger charge is 2.19. The second-order valence-corrected chi connectivity index (χ2v) is 19.2. The molecule has 0 saturated heterocycles. The molecule has 0 radical (unpaired) electrons. The zero-order valence-corrected chi connectivity index (χ0v) is 46.2. The molecule has 0 aromatic carbocycles. The summed E-state index contributed by atoms with van der Waals surface area (Å²) in [6.07, 6.45) is 79.6. The van der Waals surface area contributed by atoms with Gasteiger partial charge in [0, 0.05) is 19.3 Å². The van der Waals surface area contributed by atoms with Crippen LogP contribution in [0.15, 0.2) is 109 Å². The standard InChI is InChI=1S/C65H108O6/c1-4-7-10-13-16-18-20-22-24-26-27-28-29-30-31-32-33-34-35-36-37-39-40-42-44-46-49-52-55-58-64(67)70-61-62(60-69-63(66)57-54-51-48-15-12-9-6-3)71-65(68)59-56-53-50-47-45-43-41-38-25-23-21-19-17-14-11-8-5-2/h7,10,16,18,22-25,27-28,30-31,33-34,36-37,40,42,62H,4-6,8-9,11-15,17,19-21,26,29,32,35,38-39,41,43-61H2,1-3H3/b10-7-,18-16-,24-22-,25-23-,28-27-,31-30-,34-33-,37-36-,42-40-. The third-order valence-corrected chi connectivity index (χ3v) is 12.3. The summed E-state index contributed by atoms with van der Waals surface area (Å²) in [5.41, 5.74) is 0. The van der Waals surface area contributed by atoms with E-state index >= 15 is 0 Å². The molecule has 0 aromatic rings. The van der Waals surface area contributed by atoms with Gasteiger partial charge in [0.15, 0.2) is 6.10 Å². The molecular weight excluding hydrogens is 877 g/mol. The van der Waals surface area contributed by atoms with E-state index in [0.29, 0.717) is 19.3 Å². The van der Waals surface area contributed by atoms with Crippen molar-refractivity contribution < 1.29 is 28.6 Å². The molecule has 0 spiro atoms. The summed E-state index contributed by atoms with van der Waals surface area (Å²) in [6.45, 7) is 6.45. The number of allylic oxidation sites excluding steroid dienone is 18. The fourth-order valence-electron chi connectivity index (χ4n) is 7.86. The van der Waals surface area contributed by atoms with E-state index in [2.05, 4.69) is 130 Å². The molecule has 0 heterocycles. The topological polar surface area (TPSA) is 78.9 Å². The summed E-state index contributed by atoms with van der Waals surface area (Å²) >= 11 is 0. The maximum Gasteiger partial charge on any atom is 0.306 e. The van der Waals surface area contributed by atoms with Gasteiger partial charge in [0.25, 0.3) is 0 Å². The zero-order chi connectivity index (χ0) is 51.4. The van der Waals surface area contributed by atoms with Crippen molar-refractivity contribution in [1.29, 1.82) is 0 Å². The number of carbonyl (C=O) groups is 3. The van der Waals surface area contributed by atoms with Crippen molar-refractivity contribution in [3.8, 4) is 0 Å². The molecule has 0 bridgehead atoms. The van der Waals surface area contributed by atoms with Gasteiger partial charge >= 0.3 is 17.9 Å². The van der Waals surface area contributed by atoms with Gasteiger partial charge in [-0.05, 0) is 109 Å². The van der Waals surface area contributed by atoms with E-state index in [1.54, 1.807) is 0 Å². The van der Waals surface area contributed by atoms with Gasteiger partial charge in [-0.3, -0.25) is 14.4 Å². The van der Waals surface area contributed by atoms with Crippen LogP contribution >= 0.6 is 0 Å². The summed E-state index contributed by atoms with van der Waals surface area (Å²) in [5, 5.41) is 0. The van der Waals surface area contributed by atoms with E-state index in [-0.39, 0.29) is 31.1 Å². The Morgan fingerprint density at radius 2 is 0.549 bits per heavy atom. The Bertz CT molecular complexity index is 1460. The van der Waals surface area contributed by atoms with Gasteiger partial charge in [-0.15, -0.1) is 0 Å². The molecule has 0 saturated carbocycles. The molecule has 6 heteroatoms. The second-order valence-electron chi connectivity index (χ2n) is 19.2. The van der Waals surface area contributed by atoms with Crippen LogP contribution in [0.4, 0.5) is 0 Å². The van der Waals surface area contributed by atoms with Crippen molar-refractivity contribution in [3.05, 3.63) is 109 Å². The molecule has 0 aliphatic rings. The first kappa shape index (κ1) is 67.1. The van der Waals surface area contributed by atoms with Gasteiger partial charge in [0.1, 0.15) is 13.2 Å². The summed E-state index contributed by atoms with van der Waals surface area (Å²) < 4.78 is 16.8. The summed E-state index contributed by atoms with van der Waals surface area (Å²) in [4.78, 5) is 37.9. The van der Waals surface area contributed by atoms with E-state index in [0.717, 1.165) is 122 Å². The minimum absolute atomic E-state index is 0.0879. The summed E-state index contributed by atoms with van der Waals surface area (Å²) in [5.74, 6) is -0.925. The molecule has 1 unspecified atom stereocenters. The predicted molar refractivity (Wildman–Crippen MR) is 307 cm³/mol. The molecule has 0 fully saturated rings. The van der Waals surface area contributed by atoms with Gasteiger partial charge in [0.05, 0.1) is 0 Å². The van der Waals surface area contributed by atoms with Gasteiger partial charge in [-0.1, -0.05) is 246 Å². The van der Waals surface area contributed by atoms with Crippen molar-refractivity contribution in [2.75, 3.05) is 13.2 Å². The normalized spacial score (nSPS) is 12.9. The van der Waals surface area contributed by atoms with Crippen molar-refractivity contribution in [1.82, 2.24) is 0 Å². The fraction of sp³-hybridized carbons (Fsp3) is 0.677. The number of esters is 3. The predicted octanol–water partition coefficient (Wildman–Crippen LogP) is 19.9. The van der Waals surface area contributed by atoms with Gasteiger partial charge in [0.2, 0.25) is 0 Å². The lowest BCUT2D eigenvalue weighted by Gasteiger charge is -2.18. The van der Waals surface area contributed by atoms with E-state index in [1.807, 2.05) is 0 Å². The van der Waals surface area contributed by atoms with E-state index in [4.69, 9.17) is 14.2 Å². The SMILES string of the molecule is CC/C=C\C/C=C\C/C=C\C/C=C\C/C=C\C/C=C\C/C=C\C/C=C\CCCCCCC(=O)OCC(COC(=O)CCCCCCCCC)OC(=O)CCCCCCCCC/C=C\CCCCCCCC. The Balaban J connectivity index is 4.25. The van der Waals surface area contributed by atoms with E-state index in [1.165, 1.54) is 103 Å². The van der Waals surface area contributed by atoms with Crippen LogP contribution in [0, 0.1) is 0 Å². The van der Waals surface area contributed by atoms with Crippen LogP contribution in [0.1, 0.15) is 265 Å². The lowest BCUT2D eigenvalue weighted by Crippen LogP contribution is -2.30. The number of unbranched alkanes of at least 4 members (excludes halogenated alkanes) is 23. The lowest BCUT2D eigenvalue weighted by molar-refractivity contribution is -0.167. The first-order valence-corrected chi connectivity index (χ1v) is 29.4. The first-order valence-electron chi connectivity index (χ1n) is 29.4. The van der Waals surface area contributed by atoms with Crippen LogP contribution in [0.2, 0.25) is 0 Å². The number of hydrogen-bond acceptors (Lipinski definition) is 6. The number of rotatable bonds is 52. The van der Waals surface area contributed by atoms with Crippen LogP contribution in [0.5, 0.6) is 0 Å². The highest BCUT2D eigenvalue weighted by atomic mass is 16.6. The van der Waals surface area contributed by atoms with E-state index in [9.17, 15) is 14.4 Å². The number of hydrogen-bond donors (Lipinski definition) is 0. The maximum atomic E-state index is 12.8. The van der Waals surface area contributed by atoms with Crippen molar-refractivity contribution in [3.63, 3.8) is 0 Å². The minimum atomic E-state index is -0.789. The molecule has 0 aromatic heterocycles. The molecular formula is C65H108O6. The fourth-order valence-corrected chi connectivity index (χ4v) is 7.86. The third kappa shape index (κ3) is 56.9. The molecule has 0 N–H and O–H groups in total. The lowest BCUT2D eigenvalue weighted by atomic mass is 10.1. The highest BCUT2D eigenvalue weighted by Crippen LogP contribution is 2.14. The van der Waals surface area contributed by atoms with E-state index < -0.39 is 6.10 Å². The Labute approximate surface area is 438 Å². The van der Waals surface area contributed by atoms with Crippen molar-refractivity contribution >= 4 is 17.9 Å². The molecule has 0 amide bonds. The number of ether oxygens (including phenoxy) is 3. The minimum Gasteiger partial charge on any atom is -0.462 e. The maximum absolute atomic E-state index is 12.8. The smallest absolute Gasteiger partial charge is 0.306 e. The molecule has 404 valence electrons. The number of carbonyl (C=O) groups excluding carboxylic acids is 3. The summed E-state index contributed by atoms with van der Waals surface area (Å²) in [6, 6.07) is 0. The Morgan fingerprint density at radius 1 is 0.296 bits per heavy atom. The largest absolute Gasteiger partial charge is 0.462 e. The molecule has 1 atom stereocenters. The van der Waals surface area contributed by atoms with Crippen molar-refractivity contribution in [2.45, 2.75) is 271 Å². The Kier molecular flexibility index (Phi) is 55.4. The van der Waals surface area contributed by atoms with Crippen LogP contribution in [-0.2, 0) is 28.6 Å². The molecule has 0 aliphatic carbocycles. The highest BCUT2D eigenvalue weighted by molar-refractivity contribution is 5.71. The molecule has 6 nitrogen and oxygen atoms in total. The van der Waals surface area contributed by atoms with Crippen LogP contribution in [-0.4, -0.2) is 37.2 Å². The monoisotopic (exact) mass is 985 g/mol. The van der Waals surface area contributed by atoms with Gasteiger partial charge < -0.3 is 14.2 Å². The van der Waals surface area contributed by atoms with Crippen LogP contribution in [0.25, 0.3) is 0 Å². The molecule has 0 aliphatic heterocycles. The molecule has 71 heavy (non-hydrogen) atoms. The summed E-state index contributed by atoms with van der Waals surface area (Å²) in [7, 11) is 0. The van der Waals surface area contributed by atoms with Gasteiger partial charge in [-0.25, -0.2) is 0 Å². The van der Waals surface area contributed by atoms with Crippen LogP contribution < -0.4 is 0 Å². The average molecular weight is 986 g/mol. The van der Waals surface area contributed by atoms with Gasteiger partial charge in [-0.2, -0.15) is 0 Å². The van der Waals surface area contributed by atoms with Crippen LogP contribution in [0.3, 0.4) is 0 Å². The quantitative estimate of drug-likeness (QED) is 0.0261. The second kappa shape index (κ2) is 58.6.